The number of nitrogens with one attached hydrogen (secondary N) is 1. The molecular weight excluding hydrogens is 427 g/mol. The highest BCUT2D eigenvalue weighted by molar-refractivity contribution is 6.06. The molecule has 7 nitrogen and oxygen atoms in total. The molecule has 0 bridgehead atoms. The number of benzene rings is 2. The van der Waals surface area contributed by atoms with Crippen LogP contribution in [0.1, 0.15) is 48.7 Å². The first-order chi connectivity index (χ1) is 15.6. The molecule has 2 aromatic rings. The number of fused-ring (bicyclic) bond motifs is 1. The van der Waals surface area contributed by atoms with Crippen molar-refractivity contribution in [2.24, 2.45) is 5.41 Å². The zero-order valence-corrected chi connectivity index (χ0v) is 20.0. The highest BCUT2D eigenvalue weighted by Gasteiger charge is 2.32. The molecule has 0 radical (unpaired) electrons. The molecule has 33 heavy (non-hydrogen) atoms. The molecule has 0 aliphatic carbocycles. The molecular formula is C25H31FN2O5. The first-order valence-electron chi connectivity index (χ1n) is 10.7. The van der Waals surface area contributed by atoms with E-state index in [2.05, 4.69) is 20.8 Å². The van der Waals surface area contributed by atoms with Gasteiger partial charge in [0.15, 0.2) is 34.6 Å². The Balaban J connectivity index is 1.78. The molecule has 0 saturated carbocycles. The fourth-order valence-electron chi connectivity index (χ4n) is 3.65. The summed E-state index contributed by atoms with van der Waals surface area (Å²) in [5.41, 5.74) is 1.25. The molecule has 1 aliphatic rings. The van der Waals surface area contributed by atoms with Crippen LogP contribution in [0, 0.1) is 16.6 Å². The standard InChI is InChI=1S/C25H31FN2O5/c1-25(2,3)9-10-33-19-11-15(7-8-18(19)30-4)17(29)14-28-13-16-12-20(31-5)23(32-6)22(26)21(16)24(28)27/h7-8,11-12,27H,9-10,13-14H2,1-6H3. The molecule has 1 heterocycles. The third-order valence-corrected chi connectivity index (χ3v) is 5.54. The van der Waals surface area contributed by atoms with Crippen molar-refractivity contribution in [2.75, 3.05) is 34.5 Å². The van der Waals surface area contributed by atoms with E-state index in [9.17, 15) is 9.18 Å². The van der Waals surface area contributed by atoms with Crippen LogP contribution in [-0.2, 0) is 6.54 Å². The van der Waals surface area contributed by atoms with E-state index in [1.807, 2.05) is 0 Å². The van der Waals surface area contributed by atoms with Crippen molar-refractivity contribution in [3.05, 3.63) is 46.8 Å². The molecule has 0 spiro atoms. The van der Waals surface area contributed by atoms with Gasteiger partial charge in [-0.2, -0.15) is 0 Å². The highest BCUT2D eigenvalue weighted by atomic mass is 19.1. The van der Waals surface area contributed by atoms with Crippen LogP contribution in [0.15, 0.2) is 24.3 Å². The molecule has 0 aromatic heterocycles. The second-order valence-corrected chi connectivity index (χ2v) is 9.11. The van der Waals surface area contributed by atoms with E-state index in [-0.39, 0.29) is 47.2 Å². The van der Waals surface area contributed by atoms with Crippen molar-refractivity contribution in [3.63, 3.8) is 0 Å². The van der Waals surface area contributed by atoms with Crippen molar-refractivity contribution in [2.45, 2.75) is 33.7 Å². The molecule has 0 atom stereocenters. The number of methoxy groups -OCH3 is 3. The molecule has 2 aromatic carbocycles. The second-order valence-electron chi connectivity index (χ2n) is 9.11. The summed E-state index contributed by atoms with van der Waals surface area (Å²) < 4.78 is 36.5. The lowest BCUT2D eigenvalue weighted by Gasteiger charge is -2.20. The Morgan fingerprint density at radius 2 is 1.76 bits per heavy atom. The first kappa shape index (κ1) is 24.4. The van der Waals surface area contributed by atoms with Crippen LogP contribution in [0.25, 0.3) is 0 Å². The molecule has 0 unspecified atom stereocenters. The number of Topliss-reactive ketones (excluding diaryl/α,β-unsaturated/α-hetero) is 1. The van der Waals surface area contributed by atoms with Crippen LogP contribution in [-0.4, -0.2) is 51.0 Å². The molecule has 0 fully saturated rings. The normalized spacial score (nSPS) is 13.1. The van der Waals surface area contributed by atoms with Crippen molar-refractivity contribution in [1.82, 2.24) is 4.90 Å². The van der Waals surface area contributed by atoms with Crippen molar-refractivity contribution < 1.29 is 28.1 Å². The van der Waals surface area contributed by atoms with Gasteiger partial charge in [-0.15, -0.1) is 0 Å². The number of amidine groups is 1. The van der Waals surface area contributed by atoms with E-state index in [1.165, 1.54) is 19.1 Å². The maximum atomic E-state index is 15.0. The summed E-state index contributed by atoms with van der Waals surface area (Å²) in [5.74, 6) is 0.298. The Labute approximate surface area is 193 Å². The summed E-state index contributed by atoms with van der Waals surface area (Å²) in [6.45, 7) is 7.03. The van der Waals surface area contributed by atoms with Gasteiger partial charge in [-0.3, -0.25) is 10.2 Å². The minimum atomic E-state index is -0.661. The lowest BCUT2D eigenvalue weighted by Crippen LogP contribution is -2.30. The zero-order chi connectivity index (χ0) is 24.3. The van der Waals surface area contributed by atoms with E-state index in [0.29, 0.717) is 29.2 Å². The fraction of sp³-hybridized carbons (Fsp3) is 0.440. The van der Waals surface area contributed by atoms with Crippen LogP contribution in [0.4, 0.5) is 4.39 Å². The minimum Gasteiger partial charge on any atom is -0.493 e. The average Bonchev–Trinajstić information content (AvgIpc) is 3.07. The number of nitrogens with zero attached hydrogens (tertiary/aromatic N) is 1. The van der Waals surface area contributed by atoms with Crippen LogP contribution in [0.2, 0.25) is 0 Å². The van der Waals surface area contributed by atoms with Crippen molar-refractivity contribution in [1.29, 1.82) is 5.41 Å². The Kier molecular flexibility index (Phi) is 7.15. The lowest BCUT2D eigenvalue weighted by atomic mass is 9.93. The molecule has 1 aliphatic heterocycles. The van der Waals surface area contributed by atoms with Gasteiger partial charge in [0.05, 0.1) is 40.0 Å². The molecule has 0 amide bonds. The Hall–Kier alpha value is -3.29. The number of carbonyl (C=O) groups excluding carboxylic acids is 1. The van der Waals surface area contributed by atoms with Gasteiger partial charge in [-0.25, -0.2) is 4.39 Å². The van der Waals surface area contributed by atoms with E-state index in [4.69, 9.17) is 24.4 Å². The second kappa shape index (κ2) is 9.68. The van der Waals surface area contributed by atoms with Gasteiger partial charge < -0.3 is 23.8 Å². The highest BCUT2D eigenvalue weighted by Crippen LogP contribution is 2.38. The Morgan fingerprint density at radius 3 is 2.36 bits per heavy atom. The summed E-state index contributed by atoms with van der Waals surface area (Å²) in [6.07, 6.45) is 0.843. The summed E-state index contributed by atoms with van der Waals surface area (Å²) >= 11 is 0. The molecule has 1 N–H and O–H groups in total. The molecule has 0 saturated heterocycles. The van der Waals surface area contributed by atoms with Crippen LogP contribution in [0.5, 0.6) is 23.0 Å². The van der Waals surface area contributed by atoms with Gasteiger partial charge in [-0.05, 0) is 41.7 Å². The number of rotatable bonds is 9. The van der Waals surface area contributed by atoms with Crippen LogP contribution in [0.3, 0.4) is 0 Å². The molecule has 178 valence electrons. The van der Waals surface area contributed by atoms with Gasteiger partial charge in [0.2, 0.25) is 0 Å². The summed E-state index contributed by atoms with van der Waals surface area (Å²) in [6, 6.07) is 6.66. The number of halogens is 1. The van der Waals surface area contributed by atoms with Crippen LogP contribution >= 0.6 is 0 Å². The van der Waals surface area contributed by atoms with E-state index in [1.54, 1.807) is 31.4 Å². The minimum absolute atomic E-state index is 0.0543. The number of ether oxygens (including phenoxy) is 4. The zero-order valence-electron chi connectivity index (χ0n) is 20.0. The predicted molar refractivity (Wildman–Crippen MR) is 124 cm³/mol. The third-order valence-electron chi connectivity index (χ3n) is 5.54. The summed E-state index contributed by atoms with van der Waals surface area (Å²) in [5, 5.41) is 8.43. The smallest absolute Gasteiger partial charge is 0.197 e. The molecule has 8 heteroatoms. The van der Waals surface area contributed by atoms with E-state index < -0.39 is 5.82 Å². The Morgan fingerprint density at radius 1 is 1.06 bits per heavy atom. The molecule has 3 rings (SSSR count). The fourth-order valence-corrected chi connectivity index (χ4v) is 3.65. The number of ketones is 1. The van der Waals surface area contributed by atoms with Gasteiger partial charge in [0.25, 0.3) is 0 Å². The SMILES string of the molecule is COc1ccc(C(=O)CN2Cc3cc(OC)c(OC)c(F)c3C2=N)cc1OCCC(C)(C)C. The van der Waals surface area contributed by atoms with E-state index >= 15 is 0 Å². The first-order valence-corrected chi connectivity index (χ1v) is 10.7. The van der Waals surface area contributed by atoms with Crippen molar-refractivity contribution in [3.8, 4) is 23.0 Å². The summed E-state index contributed by atoms with van der Waals surface area (Å²) in [4.78, 5) is 14.6. The maximum Gasteiger partial charge on any atom is 0.197 e. The quantitative estimate of drug-likeness (QED) is 0.549. The van der Waals surface area contributed by atoms with Gasteiger partial charge >= 0.3 is 0 Å². The van der Waals surface area contributed by atoms with Gasteiger partial charge in [0, 0.05) is 12.1 Å². The lowest BCUT2D eigenvalue weighted by molar-refractivity contribution is 0.0962. The number of carbonyl (C=O) groups is 1. The number of hydrogen-bond acceptors (Lipinski definition) is 6. The monoisotopic (exact) mass is 458 g/mol. The van der Waals surface area contributed by atoms with Crippen molar-refractivity contribution >= 4 is 11.6 Å². The Bertz CT molecular complexity index is 1060. The maximum absolute atomic E-state index is 15.0. The predicted octanol–water partition coefficient (Wildman–Crippen LogP) is 4.69. The summed E-state index contributed by atoms with van der Waals surface area (Å²) in [7, 11) is 4.32. The third kappa shape index (κ3) is 5.21. The van der Waals surface area contributed by atoms with E-state index in [0.717, 1.165) is 6.42 Å². The largest absolute Gasteiger partial charge is 0.493 e. The number of hydrogen-bond donors (Lipinski definition) is 1. The van der Waals surface area contributed by atoms with Gasteiger partial charge in [-0.1, -0.05) is 20.8 Å². The topological polar surface area (TPSA) is 81.1 Å². The van der Waals surface area contributed by atoms with Crippen LogP contribution < -0.4 is 18.9 Å². The van der Waals surface area contributed by atoms with Gasteiger partial charge in [0.1, 0.15) is 5.84 Å². The average molecular weight is 459 g/mol.